The summed E-state index contributed by atoms with van der Waals surface area (Å²) in [5.41, 5.74) is -1.08. The second kappa shape index (κ2) is 14.8. The molecule has 0 atom stereocenters. The van der Waals surface area contributed by atoms with Gasteiger partial charge in [-0.2, -0.15) is 0 Å². The number of halogens is 1. The van der Waals surface area contributed by atoms with Gasteiger partial charge in [-0.15, -0.1) is 0 Å². The Hall–Kier alpha value is -4.69. The summed E-state index contributed by atoms with van der Waals surface area (Å²) >= 11 is 0. The molecule has 0 bridgehead atoms. The molecule has 4 rings (SSSR count). The van der Waals surface area contributed by atoms with Gasteiger partial charge < -0.3 is 39.2 Å². The van der Waals surface area contributed by atoms with E-state index < -0.39 is 36.4 Å². The van der Waals surface area contributed by atoms with Gasteiger partial charge in [0.25, 0.3) is 0 Å². The number of rotatable bonds is 14. The molecule has 0 aliphatic carbocycles. The number of aryl methyl sites for hydroxylation is 1. The summed E-state index contributed by atoms with van der Waals surface area (Å²) < 4.78 is 32.8. The fraction of sp³-hybridized carbons (Fsp3) is 0.357. The predicted octanol–water partition coefficient (Wildman–Crippen LogP) is 2.60. The second-order valence-corrected chi connectivity index (χ2v) is 9.45. The van der Waals surface area contributed by atoms with Crippen LogP contribution in [0.25, 0.3) is 0 Å². The SMILES string of the molecule is COc1cc2c(cc1CN(CCCn1ccnc1)Cc1ccccc1F)OCO2.O=C(O)CC(O)(CC(=O)O)C(=O)O. The highest BCUT2D eigenvalue weighted by Gasteiger charge is 2.40. The van der Waals surface area contributed by atoms with Gasteiger partial charge in [-0.05, 0) is 18.6 Å². The molecule has 226 valence electrons. The Labute approximate surface area is 240 Å². The normalized spacial score (nSPS) is 12.0. The molecule has 4 N–H and O–H groups in total. The maximum Gasteiger partial charge on any atom is 0.336 e. The van der Waals surface area contributed by atoms with Gasteiger partial charge in [0, 0.05) is 55.8 Å². The number of fused-ring (bicyclic) bond motifs is 1. The summed E-state index contributed by atoms with van der Waals surface area (Å²) in [4.78, 5) is 36.8. The van der Waals surface area contributed by atoms with Crippen LogP contribution in [0.5, 0.6) is 17.2 Å². The lowest BCUT2D eigenvalue weighted by Crippen LogP contribution is -2.42. The molecule has 0 amide bonds. The van der Waals surface area contributed by atoms with E-state index in [4.69, 9.17) is 34.6 Å². The van der Waals surface area contributed by atoms with Crippen LogP contribution in [0.2, 0.25) is 0 Å². The van der Waals surface area contributed by atoms with Crippen LogP contribution in [-0.4, -0.2) is 78.8 Å². The second-order valence-electron chi connectivity index (χ2n) is 9.45. The van der Waals surface area contributed by atoms with E-state index in [1.807, 2.05) is 41.4 Å². The van der Waals surface area contributed by atoms with Crippen LogP contribution in [0, 0.1) is 5.82 Å². The Morgan fingerprint density at radius 1 is 1.05 bits per heavy atom. The molecule has 1 aromatic heterocycles. The van der Waals surface area contributed by atoms with Crippen molar-refractivity contribution in [2.75, 3.05) is 20.4 Å². The van der Waals surface area contributed by atoms with Crippen molar-refractivity contribution in [3.63, 3.8) is 0 Å². The molecular formula is C28H32FN3O10. The third-order valence-corrected chi connectivity index (χ3v) is 6.26. The molecular weight excluding hydrogens is 557 g/mol. The summed E-state index contributed by atoms with van der Waals surface area (Å²) in [5.74, 6) is -3.07. The molecule has 0 fully saturated rings. The van der Waals surface area contributed by atoms with Crippen molar-refractivity contribution in [2.24, 2.45) is 0 Å². The molecule has 1 aliphatic heterocycles. The van der Waals surface area contributed by atoms with Crippen molar-refractivity contribution in [3.8, 4) is 17.2 Å². The Bertz CT molecular complexity index is 1350. The van der Waals surface area contributed by atoms with Crippen LogP contribution in [0.3, 0.4) is 0 Å². The number of benzene rings is 2. The number of imidazole rings is 1. The third-order valence-electron chi connectivity index (χ3n) is 6.26. The first-order valence-corrected chi connectivity index (χ1v) is 12.8. The third kappa shape index (κ3) is 9.17. The first kappa shape index (κ1) is 31.8. The smallest absolute Gasteiger partial charge is 0.336 e. The van der Waals surface area contributed by atoms with Gasteiger partial charge in [-0.3, -0.25) is 14.5 Å². The summed E-state index contributed by atoms with van der Waals surface area (Å²) in [5, 5.41) is 33.8. The van der Waals surface area contributed by atoms with E-state index in [2.05, 4.69) is 9.88 Å². The van der Waals surface area contributed by atoms with Crippen LogP contribution in [0.1, 0.15) is 30.4 Å². The number of aliphatic hydroxyl groups is 1. The quantitative estimate of drug-likeness (QED) is 0.216. The van der Waals surface area contributed by atoms with Crippen LogP contribution in [0.15, 0.2) is 55.1 Å². The molecule has 0 unspecified atom stereocenters. The monoisotopic (exact) mass is 589 g/mol. The maximum atomic E-state index is 14.3. The number of hydrogen-bond acceptors (Lipinski definition) is 9. The lowest BCUT2D eigenvalue weighted by atomic mass is 9.96. The molecule has 0 saturated carbocycles. The van der Waals surface area contributed by atoms with E-state index >= 15 is 0 Å². The highest BCUT2D eigenvalue weighted by atomic mass is 19.1. The molecule has 3 aromatic rings. The van der Waals surface area contributed by atoms with Crippen LogP contribution >= 0.6 is 0 Å². The number of carbonyl (C=O) groups is 3. The average Bonchev–Trinajstić information content (AvgIpc) is 3.60. The van der Waals surface area contributed by atoms with Gasteiger partial charge >= 0.3 is 17.9 Å². The average molecular weight is 590 g/mol. The number of nitrogens with zero attached hydrogens (tertiary/aromatic N) is 3. The predicted molar refractivity (Wildman–Crippen MR) is 144 cm³/mol. The summed E-state index contributed by atoms with van der Waals surface area (Å²) in [6, 6.07) is 10.7. The fourth-order valence-electron chi connectivity index (χ4n) is 4.21. The molecule has 0 radical (unpaired) electrons. The Morgan fingerprint density at radius 3 is 2.26 bits per heavy atom. The first-order chi connectivity index (χ1) is 20.0. The van der Waals surface area contributed by atoms with E-state index in [0.717, 1.165) is 30.8 Å². The number of ether oxygens (including phenoxy) is 3. The van der Waals surface area contributed by atoms with Crippen LogP contribution in [-0.2, 0) is 34.0 Å². The Morgan fingerprint density at radius 2 is 1.69 bits per heavy atom. The number of hydrogen-bond donors (Lipinski definition) is 4. The van der Waals surface area contributed by atoms with Crippen molar-refractivity contribution in [3.05, 3.63) is 72.1 Å². The number of methoxy groups -OCH3 is 1. The summed E-state index contributed by atoms with van der Waals surface area (Å²) in [6.45, 7) is 2.98. The molecule has 2 heterocycles. The lowest BCUT2D eigenvalue weighted by Gasteiger charge is -2.24. The van der Waals surface area contributed by atoms with Crippen molar-refractivity contribution in [2.45, 2.75) is 44.5 Å². The van der Waals surface area contributed by atoms with Crippen molar-refractivity contribution in [1.82, 2.24) is 14.5 Å². The first-order valence-electron chi connectivity index (χ1n) is 12.8. The topological polar surface area (TPSA) is 181 Å². The molecule has 2 aromatic carbocycles. The number of carboxylic acids is 3. The zero-order valence-corrected chi connectivity index (χ0v) is 22.8. The van der Waals surface area contributed by atoms with Gasteiger partial charge in [0.15, 0.2) is 17.1 Å². The molecule has 42 heavy (non-hydrogen) atoms. The molecule has 0 saturated heterocycles. The van der Waals surface area contributed by atoms with E-state index in [1.165, 1.54) is 6.07 Å². The zero-order valence-electron chi connectivity index (χ0n) is 22.8. The van der Waals surface area contributed by atoms with Crippen LogP contribution in [0.4, 0.5) is 4.39 Å². The summed E-state index contributed by atoms with van der Waals surface area (Å²) in [6.07, 6.45) is 4.15. The number of carboxylic acid groups (broad SMARTS) is 3. The van der Waals surface area contributed by atoms with Crippen LogP contribution < -0.4 is 14.2 Å². The fourth-order valence-corrected chi connectivity index (χ4v) is 4.21. The van der Waals surface area contributed by atoms with Gasteiger partial charge in [-0.1, -0.05) is 18.2 Å². The summed E-state index contributed by atoms with van der Waals surface area (Å²) in [7, 11) is 1.64. The van der Waals surface area contributed by atoms with E-state index in [1.54, 1.807) is 19.4 Å². The van der Waals surface area contributed by atoms with Crippen molar-refractivity contribution < 1.29 is 53.4 Å². The van der Waals surface area contributed by atoms with Gasteiger partial charge in [0.2, 0.25) is 6.79 Å². The van der Waals surface area contributed by atoms with Crippen molar-refractivity contribution >= 4 is 17.9 Å². The number of aliphatic carboxylic acids is 3. The molecule has 0 spiro atoms. The number of aromatic nitrogens is 2. The van der Waals surface area contributed by atoms with Gasteiger partial charge in [0.1, 0.15) is 11.6 Å². The van der Waals surface area contributed by atoms with Gasteiger partial charge in [-0.25, -0.2) is 14.2 Å². The zero-order chi connectivity index (χ0) is 30.7. The minimum Gasteiger partial charge on any atom is -0.496 e. The van der Waals surface area contributed by atoms with E-state index in [0.29, 0.717) is 30.2 Å². The van der Waals surface area contributed by atoms with Gasteiger partial charge in [0.05, 0.1) is 26.3 Å². The minimum atomic E-state index is -2.74. The molecule has 1 aliphatic rings. The standard InChI is InChI=1S/C22H24FN3O3.C6H8O7/c1-27-20-12-22-21(28-16-29-22)11-18(20)14-26(9-4-8-25-10-7-24-15-25)13-17-5-2-3-6-19(17)23;7-3(8)1-6(13,5(11)12)2-4(9)10/h2-3,5-7,10-12,15H,4,8-9,13-14,16H2,1H3;13H,1-2H2,(H,7,8)(H,9,10)(H,11,12). The Kier molecular flexibility index (Phi) is 11.2. The van der Waals surface area contributed by atoms with Crippen molar-refractivity contribution in [1.29, 1.82) is 0 Å². The highest BCUT2D eigenvalue weighted by molar-refractivity contribution is 5.88. The Balaban J connectivity index is 0.000000316. The molecule has 14 heteroatoms. The maximum absolute atomic E-state index is 14.3. The molecule has 13 nitrogen and oxygen atoms in total. The lowest BCUT2D eigenvalue weighted by molar-refractivity contribution is -0.170. The minimum absolute atomic E-state index is 0.190. The largest absolute Gasteiger partial charge is 0.496 e. The van der Waals surface area contributed by atoms with E-state index in [-0.39, 0.29) is 12.6 Å². The highest BCUT2D eigenvalue weighted by Crippen LogP contribution is 2.38. The van der Waals surface area contributed by atoms with E-state index in [9.17, 15) is 18.8 Å².